The van der Waals surface area contributed by atoms with Gasteiger partial charge in [0.2, 0.25) is 0 Å². The normalized spacial score (nSPS) is 12.0. The van der Waals surface area contributed by atoms with Crippen LogP contribution in [0, 0.1) is 0 Å². The first-order chi connectivity index (χ1) is 12.6. The highest BCUT2D eigenvalue weighted by Gasteiger charge is 2.19. The standard InChI is InChI=1S/C19H16N4O3/c20-18(24)26-14-6-7-15-12(10-14)8-9-23-16(15)11-17(22-19(23)25)21-13-4-2-1-3-5-13/h1-7,10-11H,8-9H2,(H2,20,24)(H,21,22,25). The molecule has 130 valence electrons. The lowest BCUT2D eigenvalue weighted by Gasteiger charge is -2.22. The van der Waals surface area contributed by atoms with Gasteiger partial charge in [-0.25, -0.2) is 9.59 Å². The zero-order chi connectivity index (χ0) is 18.1. The van der Waals surface area contributed by atoms with Crippen LogP contribution in [0.4, 0.5) is 16.3 Å². The molecule has 2 aromatic carbocycles. The highest BCUT2D eigenvalue weighted by molar-refractivity contribution is 5.72. The highest BCUT2D eigenvalue weighted by Crippen LogP contribution is 2.32. The number of fused-ring (bicyclic) bond motifs is 3. The maximum atomic E-state index is 12.4. The molecule has 1 aromatic heterocycles. The van der Waals surface area contributed by atoms with Crippen LogP contribution in [0.2, 0.25) is 0 Å². The Bertz CT molecular complexity index is 1040. The van der Waals surface area contributed by atoms with Crippen molar-refractivity contribution in [1.82, 2.24) is 9.55 Å². The molecule has 0 spiro atoms. The number of hydrogen-bond acceptors (Lipinski definition) is 5. The molecule has 7 nitrogen and oxygen atoms in total. The molecule has 26 heavy (non-hydrogen) atoms. The summed E-state index contributed by atoms with van der Waals surface area (Å²) in [4.78, 5) is 27.5. The van der Waals surface area contributed by atoms with Gasteiger partial charge in [0.05, 0.1) is 5.69 Å². The van der Waals surface area contributed by atoms with E-state index in [4.69, 9.17) is 10.5 Å². The third-order valence-electron chi connectivity index (χ3n) is 4.23. The van der Waals surface area contributed by atoms with Crippen LogP contribution in [0.25, 0.3) is 11.3 Å². The number of primary amides is 1. The Hall–Kier alpha value is -3.61. The van der Waals surface area contributed by atoms with Gasteiger partial charge in [0.1, 0.15) is 11.6 Å². The molecule has 1 amide bonds. The van der Waals surface area contributed by atoms with Crippen LogP contribution >= 0.6 is 0 Å². The molecular formula is C19H16N4O3. The number of nitrogens with two attached hydrogens (primary N) is 1. The number of nitrogens with zero attached hydrogens (tertiary/aromatic N) is 2. The third kappa shape index (κ3) is 3.02. The quantitative estimate of drug-likeness (QED) is 0.758. The number of rotatable bonds is 3. The van der Waals surface area contributed by atoms with E-state index in [1.165, 1.54) is 0 Å². The average molecular weight is 348 g/mol. The van der Waals surface area contributed by atoms with E-state index in [1.807, 2.05) is 42.5 Å². The Kier molecular flexibility index (Phi) is 3.89. The first-order valence-electron chi connectivity index (χ1n) is 8.15. The fourth-order valence-corrected chi connectivity index (χ4v) is 3.12. The molecule has 2 heterocycles. The summed E-state index contributed by atoms with van der Waals surface area (Å²) < 4.78 is 6.59. The summed E-state index contributed by atoms with van der Waals surface area (Å²) in [5.74, 6) is 0.876. The van der Waals surface area contributed by atoms with E-state index in [0.29, 0.717) is 24.5 Å². The van der Waals surface area contributed by atoms with Gasteiger partial charge in [0.15, 0.2) is 0 Å². The summed E-state index contributed by atoms with van der Waals surface area (Å²) in [6, 6.07) is 16.6. The van der Waals surface area contributed by atoms with Crippen molar-refractivity contribution in [3.05, 3.63) is 70.6 Å². The molecule has 0 fully saturated rings. The summed E-state index contributed by atoms with van der Waals surface area (Å²) in [6.45, 7) is 0.514. The van der Waals surface area contributed by atoms with Crippen LogP contribution < -0.4 is 21.5 Å². The Morgan fingerprint density at radius 2 is 1.96 bits per heavy atom. The van der Waals surface area contributed by atoms with Gasteiger partial charge in [-0.3, -0.25) is 4.57 Å². The summed E-state index contributed by atoms with van der Waals surface area (Å²) in [6.07, 6.45) is -0.207. The second kappa shape index (κ2) is 6.36. The van der Waals surface area contributed by atoms with Gasteiger partial charge >= 0.3 is 11.8 Å². The predicted octanol–water partition coefficient (Wildman–Crippen LogP) is 2.67. The molecule has 0 saturated heterocycles. The molecule has 0 unspecified atom stereocenters. The second-order valence-corrected chi connectivity index (χ2v) is 5.94. The number of anilines is 2. The molecule has 0 atom stereocenters. The van der Waals surface area contributed by atoms with Crippen molar-refractivity contribution in [1.29, 1.82) is 0 Å². The van der Waals surface area contributed by atoms with Gasteiger partial charge in [-0.05, 0) is 42.3 Å². The van der Waals surface area contributed by atoms with Crippen LogP contribution in [-0.2, 0) is 13.0 Å². The van der Waals surface area contributed by atoms with Crippen LogP contribution in [0.1, 0.15) is 5.56 Å². The van der Waals surface area contributed by atoms with Gasteiger partial charge < -0.3 is 15.8 Å². The van der Waals surface area contributed by atoms with Crippen molar-refractivity contribution >= 4 is 17.6 Å². The second-order valence-electron chi connectivity index (χ2n) is 5.94. The molecular weight excluding hydrogens is 332 g/mol. The van der Waals surface area contributed by atoms with Crippen LogP contribution in [0.15, 0.2) is 59.4 Å². The predicted molar refractivity (Wildman–Crippen MR) is 97.6 cm³/mol. The zero-order valence-corrected chi connectivity index (χ0v) is 13.8. The SMILES string of the molecule is NC(=O)Oc1ccc2c(c1)CCn1c-2cc(Nc2ccccc2)nc1=O. The summed E-state index contributed by atoms with van der Waals surface area (Å²) in [5.41, 5.74) is 8.28. The minimum absolute atomic E-state index is 0.302. The van der Waals surface area contributed by atoms with Crippen LogP contribution in [0.3, 0.4) is 0 Å². The lowest BCUT2D eigenvalue weighted by atomic mass is 9.97. The topological polar surface area (TPSA) is 99.2 Å². The minimum atomic E-state index is -0.851. The number of aromatic nitrogens is 2. The van der Waals surface area contributed by atoms with Crippen molar-refractivity contribution in [2.45, 2.75) is 13.0 Å². The van der Waals surface area contributed by atoms with E-state index in [2.05, 4.69) is 10.3 Å². The number of ether oxygens (including phenoxy) is 1. The van der Waals surface area contributed by atoms with Gasteiger partial charge in [-0.2, -0.15) is 4.98 Å². The van der Waals surface area contributed by atoms with Gasteiger partial charge in [0.25, 0.3) is 0 Å². The Morgan fingerprint density at radius 3 is 2.73 bits per heavy atom. The van der Waals surface area contributed by atoms with E-state index < -0.39 is 6.09 Å². The van der Waals surface area contributed by atoms with Crippen molar-refractivity contribution in [2.75, 3.05) is 5.32 Å². The lowest BCUT2D eigenvalue weighted by molar-refractivity contribution is 0.211. The number of nitrogens with one attached hydrogen (secondary N) is 1. The molecule has 1 aliphatic heterocycles. The van der Waals surface area contributed by atoms with Crippen LogP contribution in [0.5, 0.6) is 5.75 Å². The number of carbonyl (C=O) groups is 1. The van der Waals surface area contributed by atoms with Crippen molar-refractivity contribution in [3.63, 3.8) is 0 Å². The Labute approximate surface area is 149 Å². The van der Waals surface area contributed by atoms with Gasteiger partial charge in [0, 0.05) is 23.9 Å². The number of aryl methyl sites for hydroxylation is 1. The first-order valence-corrected chi connectivity index (χ1v) is 8.15. The van der Waals surface area contributed by atoms with Gasteiger partial charge in [-0.15, -0.1) is 0 Å². The van der Waals surface area contributed by atoms with Gasteiger partial charge in [-0.1, -0.05) is 18.2 Å². The fraction of sp³-hybridized carbons (Fsp3) is 0.105. The molecule has 1 aliphatic rings. The van der Waals surface area contributed by atoms with Crippen LogP contribution in [-0.4, -0.2) is 15.6 Å². The summed E-state index contributed by atoms with van der Waals surface area (Å²) in [7, 11) is 0. The van der Waals surface area contributed by atoms with Crippen molar-refractivity contribution in [2.24, 2.45) is 5.73 Å². The molecule has 0 radical (unpaired) electrons. The maximum absolute atomic E-state index is 12.4. The largest absolute Gasteiger partial charge is 0.410 e. The first kappa shape index (κ1) is 15.9. The maximum Gasteiger partial charge on any atom is 0.409 e. The number of amides is 1. The number of carbonyl (C=O) groups excluding carboxylic acids is 1. The Balaban J connectivity index is 1.75. The number of hydrogen-bond donors (Lipinski definition) is 2. The molecule has 0 bridgehead atoms. The third-order valence-corrected chi connectivity index (χ3v) is 4.23. The molecule has 3 N–H and O–H groups in total. The van der Waals surface area contributed by atoms with E-state index in [9.17, 15) is 9.59 Å². The van der Waals surface area contributed by atoms with E-state index in [-0.39, 0.29) is 5.69 Å². The number of benzene rings is 2. The zero-order valence-electron chi connectivity index (χ0n) is 13.8. The van der Waals surface area contributed by atoms with Crippen molar-refractivity contribution < 1.29 is 9.53 Å². The monoisotopic (exact) mass is 348 g/mol. The minimum Gasteiger partial charge on any atom is -0.410 e. The summed E-state index contributed by atoms with van der Waals surface area (Å²) >= 11 is 0. The summed E-state index contributed by atoms with van der Waals surface area (Å²) in [5, 5.41) is 3.15. The van der Waals surface area contributed by atoms with E-state index in [1.54, 1.807) is 16.7 Å². The molecule has 3 aromatic rings. The number of para-hydroxylation sites is 1. The highest BCUT2D eigenvalue weighted by atomic mass is 16.5. The fourth-order valence-electron chi connectivity index (χ4n) is 3.12. The van der Waals surface area contributed by atoms with Crippen molar-refractivity contribution in [3.8, 4) is 17.0 Å². The lowest BCUT2D eigenvalue weighted by Crippen LogP contribution is -2.28. The molecule has 0 aliphatic carbocycles. The molecule has 7 heteroatoms. The van der Waals surface area contributed by atoms with E-state index in [0.717, 1.165) is 22.5 Å². The molecule has 4 rings (SSSR count). The average Bonchev–Trinajstić information content (AvgIpc) is 2.61. The Morgan fingerprint density at radius 1 is 1.15 bits per heavy atom. The smallest absolute Gasteiger partial charge is 0.409 e. The van der Waals surface area contributed by atoms with E-state index >= 15 is 0 Å². The molecule has 0 saturated carbocycles.